The molecule has 0 aliphatic carbocycles. The number of aryl methyl sites for hydroxylation is 1. The van der Waals surface area contributed by atoms with E-state index in [0.717, 1.165) is 6.42 Å². The standard InChI is InChI=1S/C14H22O.Mg.2H/c1-2-3-4-5-6-7-8-13-9-11-14(15)12-10-13;;;/h9-12,15H,2-8H2,1H3;;;. The van der Waals surface area contributed by atoms with Gasteiger partial charge in [0, 0.05) is 0 Å². The van der Waals surface area contributed by atoms with Gasteiger partial charge in [-0.2, -0.15) is 0 Å². The van der Waals surface area contributed by atoms with E-state index < -0.39 is 0 Å². The van der Waals surface area contributed by atoms with Crippen LogP contribution in [0.5, 0.6) is 5.75 Å². The molecule has 0 aromatic heterocycles. The summed E-state index contributed by atoms with van der Waals surface area (Å²) in [5.41, 5.74) is 1.34. The number of rotatable bonds is 7. The summed E-state index contributed by atoms with van der Waals surface area (Å²) in [4.78, 5) is 0. The Morgan fingerprint density at radius 3 is 2.06 bits per heavy atom. The van der Waals surface area contributed by atoms with Crippen LogP contribution in [0.15, 0.2) is 24.3 Å². The quantitative estimate of drug-likeness (QED) is 0.565. The molecule has 0 bridgehead atoms. The molecule has 0 atom stereocenters. The zero-order chi connectivity index (χ0) is 10.9. The summed E-state index contributed by atoms with van der Waals surface area (Å²) >= 11 is 0. The van der Waals surface area contributed by atoms with E-state index in [-0.39, 0.29) is 23.1 Å². The molecule has 0 heterocycles. The van der Waals surface area contributed by atoms with Gasteiger partial charge < -0.3 is 5.11 Å². The van der Waals surface area contributed by atoms with Gasteiger partial charge in [-0.1, -0.05) is 51.2 Å². The largest absolute Gasteiger partial charge is 0.508 e. The summed E-state index contributed by atoms with van der Waals surface area (Å²) in [7, 11) is 0. The van der Waals surface area contributed by atoms with Gasteiger partial charge in [-0.25, -0.2) is 0 Å². The summed E-state index contributed by atoms with van der Waals surface area (Å²) in [5.74, 6) is 0.363. The Morgan fingerprint density at radius 1 is 0.875 bits per heavy atom. The molecule has 2 heteroatoms. The maximum absolute atomic E-state index is 9.13. The average molecular weight is 233 g/mol. The molecular formula is C14H24MgO. The van der Waals surface area contributed by atoms with Crippen molar-refractivity contribution < 1.29 is 5.11 Å². The van der Waals surface area contributed by atoms with Crippen molar-refractivity contribution in [2.75, 3.05) is 0 Å². The summed E-state index contributed by atoms with van der Waals surface area (Å²) in [6.07, 6.45) is 9.19. The molecule has 16 heavy (non-hydrogen) atoms. The minimum Gasteiger partial charge on any atom is -0.508 e. The SMILES string of the molecule is CCCCCCCCc1ccc(O)cc1.[MgH2]. The first-order valence-corrected chi connectivity index (χ1v) is 6.11. The maximum Gasteiger partial charge on any atom is 0.316 e. The third-order valence-electron chi connectivity index (χ3n) is 2.76. The van der Waals surface area contributed by atoms with Gasteiger partial charge >= 0.3 is 23.1 Å². The lowest BCUT2D eigenvalue weighted by Crippen LogP contribution is -1.85. The Balaban J connectivity index is 0.00000225. The fraction of sp³-hybridized carbons (Fsp3) is 0.571. The normalized spacial score (nSPS) is 9.81. The lowest BCUT2D eigenvalue weighted by molar-refractivity contribution is 0.475. The highest BCUT2D eigenvalue weighted by Gasteiger charge is 1.94. The Bertz CT molecular complexity index is 256. The zero-order valence-corrected chi connectivity index (χ0v) is 9.71. The maximum atomic E-state index is 9.13. The van der Waals surface area contributed by atoms with Crippen LogP contribution in [0.4, 0.5) is 0 Å². The van der Waals surface area contributed by atoms with E-state index in [1.54, 1.807) is 12.1 Å². The first-order valence-electron chi connectivity index (χ1n) is 6.11. The van der Waals surface area contributed by atoms with Crippen LogP contribution in [0.2, 0.25) is 0 Å². The van der Waals surface area contributed by atoms with Gasteiger partial charge in [-0.05, 0) is 30.5 Å². The van der Waals surface area contributed by atoms with Crippen LogP contribution >= 0.6 is 0 Å². The van der Waals surface area contributed by atoms with Crippen molar-refractivity contribution >= 4 is 23.1 Å². The lowest BCUT2D eigenvalue weighted by atomic mass is 10.1. The number of phenols is 1. The molecule has 0 radical (unpaired) electrons. The second-order valence-electron chi connectivity index (χ2n) is 4.18. The molecule has 0 fully saturated rings. The number of benzene rings is 1. The van der Waals surface area contributed by atoms with Crippen molar-refractivity contribution in [3.05, 3.63) is 29.8 Å². The van der Waals surface area contributed by atoms with Gasteiger partial charge in [0.05, 0.1) is 0 Å². The molecule has 1 nitrogen and oxygen atoms in total. The molecule has 0 unspecified atom stereocenters. The monoisotopic (exact) mass is 232 g/mol. The third-order valence-corrected chi connectivity index (χ3v) is 2.76. The number of unbranched alkanes of at least 4 members (excludes halogenated alkanes) is 5. The van der Waals surface area contributed by atoms with Crippen molar-refractivity contribution in [2.24, 2.45) is 0 Å². The fourth-order valence-corrected chi connectivity index (χ4v) is 1.77. The fourth-order valence-electron chi connectivity index (χ4n) is 1.77. The minimum absolute atomic E-state index is 0. The topological polar surface area (TPSA) is 20.2 Å². The molecule has 1 N–H and O–H groups in total. The molecule has 88 valence electrons. The van der Waals surface area contributed by atoms with Gasteiger partial charge in [-0.3, -0.25) is 0 Å². The number of aromatic hydroxyl groups is 1. The van der Waals surface area contributed by atoms with E-state index in [2.05, 4.69) is 6.92 Å². The third kappa shape index (κ3) is 7.12. The van der Waals surface area contributed by atoms with Crippen molar-refractivity contribution in [3.63, 3.8) is 0 Å². The Hall–Kier alpha value is -0.214. The van der Waals surface area contributed by atoms with E-state index in [0.29, 0.717) is 5.75 Å². The van der Waals surface area contributed by atoms with E-state index in [4.69, 9.17) is 5.11 Å². The second-order valence-corrected chi connectivity index (χ2v) is 4.18. The highest BCUT2D eigenvalue weighted by Crippen LogP contribution is 2.13. The number of hydrogen-bond acceptors (Lipinski definition) is 1. The molecule has 1 aromatic carbocycles. The molecule has 1 rings (SSSR count). The van der Waals surface area contributed by atoms with Crippen molar-refractivity contribution in [1.82, 2.24) is 0 Å². The predicted octanol–water partition coefficient (Wildman–Crippen LogP) is 3.38. The predicted molar refractivity (Wildman–Crippen MR) is 73.7 cm³/mol. The van der Waals surface area contributed by atoms with Crippen LogP contribution < -0.4 is 0 Å². The molecular weight excluding hydrogens is 208 g/mol. The van der Waals surface area contributed by atoms with Crippen molar-refractivity contribution in [3.8, 4) is 5.75 Å². The van der Waals surface area contributed by atoms with E-state index in [1.807, 2.05) is 12.1 Å². The Morgan fingerprint density at radius 2 is 1.44 bits per heavy atom. The van der Waals surface area contributed by atoms with Gasteiger partial charge in [0.15, 0.2) is 0 Å². The van der Waals surface area contributed by atoms with Gasteiger partial charge in [0.2, 0.25) is 0 Å². The van der Waals surface area contributed by atoms with Crippen LogP contribution in [0, 0.1) is 0 Å². The summed E-state index contributed by atoms with van der Waals surface area (Å²) in [5, 5.41) is 9.13. The molecule has 0 saturated heterocycles. The molecule has 0 saturated carbocycles. The van der Waals surface area contributed by atoms with Crippen molar-refractivity contribution in [1.29, 1.82) is 0 Å². The van der Waals surface area contributed by atoms with Gasteiger partial charge in [0.25, 0.3) is 0 Å². The van der Waals surface area contributed by atoms with Crippen LogP contribution in [0.1, 0.15) is 51.0 Å². The smallest absolute Gasteiger partial charge is 0.316 e. The van der Waals surface area contributed by atoms with E-state index in [9.17, 15) is 0 Å². The van der Waals surface area contributed by atoms with Crippen LogP contribution in [0.25, 0.3) is 0 Å². The molecule has 1 aromatic rings. The first kappa shape index (κ1) is 15.8. The van der Waals surface area contributed by atoms with Crippen LogP contribution in [-0.4, -0.2) is 28.2 Å². The van der Waals surface area contributed by atoms with Gasteiger partial charge in [0.1, 0.15) is 5.75 Å². The Labute approximate surface area is 115 Å². The van der Waals surface area contributed by atoms with Crippen LogP contribution in [-0.2, 0) is 6.42 Å². The average Bonchev–Trinajstić information content (AvgIpc) is 2.26. The molecule has 0 aliphatic rings. The summed E-state index contributed by atoms with van der Waals surface area (Å²) < 4.78 is 0. The van der Waals surface area contributed by atoms with Crippen molar-refractivity contribution in [2.45, 2.75) is 51.9 Å². The van der Waals surface area contributed by atoms with E-state index >= 15 is 0 Å². The molecule has 0 amide bonds. The lowest BCUT2D eigenvalue weighted by Gasteiger charge is -2.02. The summed E-state index contributed by atoms with van der Waals surface area (Å²) in [6, 6.07) is 7.57. The number of hydrogen-bond donors (Lipinski definition) is 1. The van der Waals surface area contributed by atoms with Gasteiger partial charge in [-0.15, -0.1) is 0 Å². The first-order chi connectivity index (χ1) is 7.33. The molecule has 0 aliphatic heterocycles. The van der Waals surface area contributed by atoms with E-state index in [1.165, 1.54) is 44.1 Å². The number of phenolic OH excluding ortho intramolecular Hbond substituents is 1. The summed E-state index contributed by atoms with van der Waals surface area (Å²) in [6.45, 7) is 2.25. The highest BCUT2D eigenvalue weighted by molar-refractivity contribution is 5.75. The van der Waals surface area contributed by atoms with Crippen LogP contribution in [0.3, 0.4) is 0 Å². The second kappa shape index (κ2) is 9.97. The Kier molecular flexibility index (Phi) is 9.84. The highest BCUT2D eigenvalue weighted by atomic mass is 24.3. The molecule has 0 spiro atoms. The minimum atomic E-state index is 0. The zero-order valence-electron chi connectivity index (χ0n) is 9.71.